The van der Waals surface area contributed by atoms with Gasteiger partial charge >= 0.3 is 0 Å². The molecule has 3 aliphatic rings. The first-order valence-electron chi connectivity index (χ1n) is 13.5. The summed E-state index contributed by atoms with van der Waals surface area (Å²) in [5.41, 5.74) is 4.15. The van der Waals surface area contributed by atoms with Crippen LogP contribution in [0.4, 0.5) is 5.95 Å². The first-order valence-corrected chi connectivity index (χ1v) is 14.3. The second kappa shape index (κ2) is 10.2. The quantitative estimate of drug-likeness (QED) is 0.375. The average Bonchev–Trinajstić information content (AvgIpc) is 3.53. The lowest BCUT2D eigenvalue weighted by molar-refractivity contribution is 0.112. The Labute approximate surface area is 228 Å². The number of aldehydes is 1. The Morgan fingerprint density at radius 3 is 2.76 bits per heavy atom. The normalized spacial score (nSPS) is 26.2. The van der Waals surface area contributed by atoms with Crippen LogP contribution in [0, 0.1) is 5.92 Å². The van der Waals surface area contributed by atoms with E-state index in [-0.39, 0.29) is 5.41 Å². The number of hydrogen-bond acceptors (Lipinski definition) is 5. The van der Waals surface area contributed by atoms with Gasteiger partial charge in [0.25, 0.3) is 0 Å². The SMILES string of the molecule is CN1CCN(CCCN(c2nc3cc(Cl)c(Cl)cc3[nH]2)C2CCC3(c4cccc(C=O)c4)CC3C2)CC1. The molecule has 1 N–H and O–H groups in total. The molecule has 1 saturated heterocycles. The molecule has 3 atom stereocenters. The summed E-state index contributed by atoms with van der Waals surface area (Å²) in [6.45, 7) is 6.66. The van der Waals surface area contributed by atoms with Crippen molar-refractivity contribution in [3.05, 3.63) is 57.6 Å². The first kappa shape index (κ1) is 25.2. The van der Waals surface area contributed by atoms with Crippen molar-refractivity contribution in [3.8, 4) is 0 Å². The zero-order valence-electron chi connectivity index (χ0n) is 21.4. The van der Waals surface area contributed by atoms with Gasteiger partial charge in [0.05, 0.1) is 21.1 Å². The Balaban J connectivity index is 1.20. The molecule has 0 amide bonds. The summed E-state index contributed by atoms with van der Waals surface area (Å²) in [6.07, 6.45) is 6.71. The van der Waals surface area contributed by atoms with Crippen LogP contribution in [0.1, 0.15) is 48.0 Å². The number of hydrogen-bond donors (Lipinski definition) is 1. The molecule has 2 saturated carbocycles. The largest absolute Gasteiger partial charge is 0.339 e. The van der Waals surface area contributed by atoms with Crippen molar-refractivity contribution in [3.63, 3.8) is 0 Å². The van der Waals surface area contributed by atoms with Crippen molar-refractivity contribution >= 4 is 46.5 Å². The van der Waals surface area contributed by atoms with E-state index in [0.29, 0.717) is 22.0 Å². The van der Waals surface area contributed by atoms with Crippen molar-refractivity contribution in [1.82, 2.24) is 19.8 Å². The Morgan fingerprint density at radius 2 is 1.97 bits per heavy atom. The number of H-pyrrole nitrogens is 1. The van der Waals surface area contributed by atoms with Crippen LogP contribution < -0.4 is 4.90 Å². The Kier molecular flexibility index (Phi) is 6.95. The number of carbonyl (C=O) groups is 1. The molecule has 0 radical (unpaired) electrons. The lowest BCUT2D eigenvalue weighted by Crippen LogP contribution is -2.46. The molecule has 1 aliphatic heterocycles. The van der Waals surface area contributed by atoms with E-state index < -0.39 is 0 Å². The Hall–Kier alpha value is -2.12. The third kappa shape index (κ3) is 5.01. The molecule has 2 heterocycles. The summed E-state index contributed by atoms with van der Waals surface area (Å²) in [5.74, 6) is 1.58. The number of fused-ring (bicyclic) bond motifs is 2. The minimum absolute atomic E-state index is 0.246. The van der Waals surface area contributed by atoms with Gasteiger partial charge in [0.2, 0.25) is 5.95 Å². The molecule has 196 valence electrons. The van der Waals surface area contributed by atoms with Crippen LogP contribution in [0.15, 0.2) is 36.4 Å². The number of piperazine rings is 1. The van der Waals surface area contributed by atoms with Crippen molar-refractivity contribution in [2.24, 2.45) is 5.92 Å². The fourth-order valence-electron chi connectivity index (χ4n) is 6.69. The van der Waals surface area contributed by atoms with E-state index in [2.05, 4.69) is 38.9 Å². The molecule has 2 aromatic carbocycles. The zero-order valence-corrected chi connectivity index (χ0v) is 22.9. The summed E-state index contributed by atoms with van der Waals surface area (Å²) < 4.78 is 0. The van der Waals surface area contributed by atoms with Crippen molar-refractivity contribution < 1.29 is 4.79 Å². The van der Waals surface area contributed by atoms with Crippen molar-refractivity contribution in [2.75, 3.05) is 51.2 Å². The molecule has 3 unspecified atom stereocenters. The second-order valence-corrected chi connectivity index (χ2v) is 12.1. The van der Waals surface area contributed by atoms with Crippen LogP contribution >= 0.6 is 23.2 Å². The van der Waals surface area contributed by atoms with E-state index in [1.165, 1.54) is 12.0 Å². The predicted molar refractivity (Wildman–Crippen MR) is 151 cm³/mol. The smallest absolute Gasteiger partial charge is 0.204 e. The highest BCUT2D eigenvalue weighted by atomic mass is 35.5. The van der Waals surface area contributed by atoms with Crippen LogP contribution in [0.3, 0.4) is 0 Å². The lowest BCUT2D eigenvalue weighted by atomic mass is 9.80. The van der Waals surface area contributed by atoms with Gasteiger partial charge in [-0.3, -0.25) is 4.79 Å². The number of nitrogens with one attached hydrogen (secondary N) is 1. The molecule has 0 bridgehead atoms. The number of anilines is 1. The standard InChI is InChI=1S/C29H35Cl2N5O/c1-34-10-12-35(13-11-34)8-3-9-36(28-32-26-16-24(30)25(31)17-27(26)33-28)23-6-7-29(18-22(29)15-23)21-5-2-4-20(14-21)19-37/h2,4-5,14,16-17,19,22-23H,3,6-13,15,18H2,1H3,(H,32,33). The maximum absolute atomic E-state index is 11.4. The van der Waals surface area contributed by atoms with Gasteiger partial charge in [0.1, 0.15) is 6.29 Å². The molecule has 1 aromatic heterocycles. The molecular weight excluding hydrogens is 505 g/mol. The van der Waals surface area contributed by atoms with Crippen LogP contribution in [0.2, 0.25) is 10.0 Å². The summed E-state index contributed by atoms with van der Waals surface area (Å²) in [5, 5.41) is 1.08. The van der Waals surface area contributed by atoms with Gasteiger partial charge in [-0.1, -0.05) is 41.4 Å². The van der Waals surface area contributed by atoms with E-state index in [0.717, 1.165) is 93.8 Å². The lowest BCUT2D eigenvalue weighted by Gasteiger charge is -2.38. The Bertz CT molecular complexity index is 1250. The number of likely N-dealkylation sites (N-methyl/N-ethyl adjacent to an activating group) is 1. The van der Waals surface area contributed by atoms with Gasteiger partial charge in [-0.15, -0.1) is 0 Å². The summed E-state index contributed by atoms with van der Waals surface area (Å²) in [6, 6.07) is 12.4. The van der Waals surface area contributed by atoms with Crippen molar-refractivity contribution in [2.45, 2.75) is 43.6 Å². The molecule has 3 aromatic rings. The highest BCUT2D eigenvalue weighted by Crippen LogP contribution is 2.63. The minimum atomic E-state index is 0.246. The van der Waals surface area contributed by atoms with Crippen LogP contribution in [0.5, 0.6) is 0 Å². The molecule has 2 aliphatic carbocycles. The minimum Gasteiger partial charge on any atom is -0.339 e. The highest BCUT2D eigenvalue weighted by Gasteiger charge is 2.58. The highest BCUT2D eigenvalue weighted by molar-refractivity contribution is 6.42. The van der Waals surface area contributed by atoms with Crippen LogP contribution in [-0.2, 0) is 5.41 Å². The van der Waals surface area contributed by atoms with Gasteiger partial charge in [-0.05, 0) is 80.8 Å². The molecule has 8 heteroatoms. The average molecular weight is 541 g/mol. The fourth-order valence-corrected chi connectivity index (χ4v) is 7.02. The number of carbonyl (C=O) groups excluding carboxylic acids is 1. The predicted octanol–water partition coefficient (Wildman–Crippen LogP) is 5.64. The third-order valence-corrected chi connectivity index (χ3v) is 9.73. The molecule has 6 rings (SSSR count). The van der Waals surface area contributed by atoms with E-state index in [4.69, 9.17) is 28.2 Å². The monoisotopic (exact) mass is 539 g/mol. The zero-order chi connectivity index (χ0) is 25.6. The number of aromatic amines is 1. The first-order chi connectivity index (χ1) is 17.9. The number of nitrogens with zero attached hydrogens (tertiary/aromatic N) is 4. The van der Waals surface area contributed by atoms with Gasteiger partial charge in [0.15, 0.2) is 0 Å². The number of rotatable bonds is 8. The van der Waals surface area contributed by atoms with E-state index in [9.17, 15) is 4.79 Å². The summed E-state index contributed by atoms with van der Waals surface area (Å²) >= 11 is 12.6. The Morgan fingerprint density at radius 1 is 1.16 bits per heavy atom. The fraction of sp³-hybridized carbons (Fsp3) is 0.517. The van der Waals surface area contributed by atoms with Gasteiger partial charge < -0.3 is 19.7 Å². The van der Waals surface area contributed by atoms with E-state index in [1.54, 1.807) is 0 Å². The molecule has 0 spiro atoms. The second-order valence-electron chi connectivity index (χ2n) is 11.3. The van der Waals surface area contributed by atoms with Crippen molar-refractivity contribution in [1.29, 1.82) is 0 Å². The molecule has 37 heavy (non-hydrogen) atoms. The van der Waals surface area contributed by atoms with Gasteiger partial charge in [0, 0.05) is 44.3 Å². The van der Waals surface area contributed by atoms with Gasteiger partial charge in [-0.2, -0.15) is 0 Å². The van der Waals surface area contributed by atoms with E-state index >= 15 is 0 Å². The van der Waals surface area contributed by atoms with Gasteiger partial charge in [-0.25, -0.2) is 4.98 Å². The van der Waals surface area contributed by atoms with Crippen LogP contribution in [-0.4, -0.2) is 78.4 Å². The summed E-state index contributed by atoms with van der Waals surface area (Å²) in [4.78, 5) is 27.4. The molecule has 6 nitrogen and oxygen atoms in total. The maximum Gasteiger partial charge on any atom is 0.204 e. The number of aromatic nitrogens is 2. The number of benzene rings is 2. The molecule has 3 fully saturated rings. The maximum atomic E-state index is 11.4. The topological polar surface area (TPSA) is 55.5 Å². The van der Waals surface area contributed by atoms with E-state index in [1.807, 2.05) is 24.3 Å². The third-order valence-electron chi connectivity index (χ3n) is 9.00. The van der Waals surface area contributed by atoms with Crippen LogP contribution in [0.25, 0.3) is 11.0 Å². The number of imidazole rings is 1. The molecular formula is C29H35Cl2N5O. The number of halogens is 2. The summed E-state index contributed by atoms with van der Waals surface area (Å²) in [7, 11) is 2.20.